The van der Waals surface area contributed by atoms with E-state index in [4.69, 9.17) is 23.2 Å². The van der Waals surface area contributed by atoms with Crippen LogP contribution >= 0.6 is 23.2 Å². The van der Waals surface area contributed by atoms with Crippen molar-refractivity contribution in [2.45, 2.75) is 6.04 Å². The second-order valence-corrected chi connectivity index (χ2v) is 5.03. The van der Waals surface area contributed by atoms with Crippen molar-refractivity contribution in [3.63, 3.8) is 0 Å². The average Bonchev–Trinajstić information content (AvgIpc) is 2.40. The first-order valence-corrected chi connectivity index (χ1v) is 6.55. The Bertz CT molecular complexity index is 423. The van der Waals surface area contributed by atoms with E-state index in [1.165, 1.54) is 12.1 Å². The monoisotopic (exact) mass is 294 g/mol. The predicted molar refractivity (Wildman–Crippen MR) is 69.6 cm³/mol. The van der Waals surface area contributed by atoms with Gasteiger partial charge in [-0.15, -0.1) is 0 Å². The Morgan fingerprint density at radius 1 is 1.22 bits per heavy atom. The SMILES string of the molecule is FC[C@H](c1c(Cl)ccc(Cl)c1F)N1CCNCC1. The summed E-state index contributed by atoms with van der Waals surface area (Å²) < 4.78 is 27.3. The highest BCUT2D eigenvalue weighted by Crippen LogP contribution is 2.34. The highest BCUT2D eigenvalue weighted by atomic mass is 35.5. The predicted octanol–water partition coefficient (Wildman–Crippen LogP) is 3.05. The Morgan fingerprint density at radius 3 is 2.44 bits per heavy atom. The van der Waals surface area contributed by atoms with Gasteiger partial charge < -0.3 is 5.32 Å². The highest BCUT2D eigenvalue weighted by molar-refractivity contribution is 6.33. The molecule has 1 saturated heterocycles. The number of alkyl halides is 1. The molecule has 0 spiro atoms. The van der Waals surface area contributed by atoms with Gasteiger partial charge >= 0.3 is 0 Å². The van der Waals surface area contributed by atoms with Gasteiger partial charge in [0.1, 0.15) is 12.5 Å². The van der Waals surface area contributed by atoms with E-state index in [2.05, 4.69) is 5.32 Å². The fourth-order valence-electron chi connectivity index (χ4n) is 2.20. The maximum atomic E-state index is 14.0. The minimum atomic E-state index is -0.684. The van der Waals surface area contributed by atoms with E-state index in [1.54, 1.807) is 0 Å². The second-order valence-electron chi connectivity index (χ2n) is 4.21. The first-order valence-electron chi connectivity index (χ1n) is 5.79. The molecule has 1 fully saturated rings. The lowest BCUT2D eigenvalue weighted by atomic mass is 10.0. The number of hydrogen-bond donors (Lipinski definition) is 1. The third-order valence-corrected chi connectivity index (χ3v) is 3.77. The molecule has 1 heterocycles. The lowest BCUT2D eigenvalue weighted by Crippen LogP contribution is -2.46. The smallest absolute Gasteiger partial charge is 0.148 e. The molecule has 1 aromatic rings. The first kappa shape index (κ1) is 14.0. The molecule has 1 N–H and O–H groups in total. The third kappa shape index (κ3) is 2.77. The summed E-state index contributed by atoms with van der Waals surface area (Å²) in [7, 11) is 0. The zero-order valence-electron chi connectivity index (χ0n) is 9.73. The Labute approximate surface area is 115 Å². The van der Waals surface area contributed by atoms with Crippen LogP contribution in [-0.2, 0) is 0 Å². The van der Waals surface area contributed by atoms with E-state index < -0.39 is 18.5 Å². The number of rotatable bonds is 3. The van der Waals surface area contributed by atoms with Crippen molar-refractivity contribution in [3.8, 4) is 0 Å². The first-order chi connectivity index (χ1) is 8.65. The highest BCUT2D eigenvalue weighted by Gasteiger charge is 2.27. The van der Waals surface area contributed by atoms with Crippen LogP contribution in [0.3, 0.4) is 0 Å². The van der Waals surface area contributed by atoms with Gasteiger partial charge in [-0.1, -0.05) is 23.2 Å². The standard InChI is InChI=1S/C12H14Cl2F2N2/c13-8-1-2-9(14)12(16)11(8)10(7-15)18-5-3-17-4-6-18/h1-2,10,17H,3-7H2/t10-/m1/s1. The molecule has 100 valence electrons. The van der Waals surface area contributed by atoms with Gasteiger partial charge in [-0.2, -0.15) is 0 Å². The molecule has 0 saturated carbocycles. The lowest BCUT2D eigenvalue weighted by Gasteiger charge is -2.34. The van der Waals surface area contributed by atoms with Crippen LogP contribution in [0.5, 0.6) is 0 Å². The van der Waals surface area contributed by atoms with Crippen molar-refractivity contribution in [2.24, 2.45) is 0 Å². The molecule has 0 radical (unpaired) electrons. The van der Waals surface area contributed by atoms with Crippen LogP contribution in [0.15, 0.2) is 12.1 Å². The molecule has 1 aliphatic heterocycles. The molecule has 18 heavy (non-hydrogen) atoms. The van der Waals surface area contributed by atoms with Crippen molar-refractivity contribution in [3.05, 3.63) is 33.6 Å². The van der Waals surface area contributed by atoms with Gasteiger partial charge in [-0.05, 0) is 12.1 Å². The molecular weight excluding hydrogens is 281 g/mol. The van der Waals surface area contributed by atoms with Crippen LogP contribution in [0, 0.1) is 5.82 Å². The van der Waals surface area contributed by atoms with Gasteiger partial charge in [0.25, 0.3) is 0 Å². The number of nitrogens with one attached hydrogen (secondary N) is 1. The van der Waals surface area contributed by atoms with Gasteiger partial charge in [0.2, 0.25) is 0 Å². The molecular formula is C12H14Cl2F2N2. The van der Waals surface area contributed by atoms with E-state index in [0.29, 0.717) is 13.1 Å². The van der Waals surface area contributed by atoms with Crippen LogP contribution in [0.2, 0.25) is 10.0 Å². The molecule has 1 aliphatic rings. The van der Waals surface area contributed by atoms with Crippen molar-refractivity contribution in [1.29, 1.82) is 0 Å². The maximum absolute atomic E-state index is 14.0. The van der Waals surface area contributed by atoms with Gasteiger partial charge in [-0.25, -0.2) is 8.78 Å². The van der Waals surface area contributed by atoms with Crippen LogP contribution in [0.25, 0.3) is 0 Å². The number of halogens is 4. The van der Waals surface area contributed by atoms with Crippen LogP contribution in [-0.4, -0.2) is 37.8 Å². The average molecular weight is 295 g/mol. The summed E-state index contributed by atoms with van der Waals surface area (Å²) in [6, 6.07) is 2.22. The van der Waals surface area contributed by atoms with E-state index in [-0.39, 0.29) is 15.6 Å². The summed E-state index contributed by atoms with van der Waals surface area (Å²) >= 11 is 11.7. The van der Waals surface area contributed by atoms with Gasteiger partial charge in [0, 0.05) is 36.8 Å². The van der Waals surface area contributed by atoms with Crippen LogP contribution in [0.4, 0.5) is 8.78 Å². The minimum absolute atomic E-state index is 0.0250. The quantitative estimate of drug-likeness (QED) is 0.862. The zero-order valence-corrected chi connectivity index (χ0v) is 11.2. The summed E-state index contributed by atoms with van der Waals surface area (Å²) in [6.07, 6.45) is 0. The molecule has 2 nitrogen and oxygen atoms in total. The van der Waals surface area contributed by atoms with E-state index in [1.807, 2.05) is 4.90 Å². The number of benzene rings is 1. The summed E-state index contributed by atoms with van der Waals surface area (Å²) in [5.41, 5.74) is 0.161. The Balaban J connectivity index is 2.34. The molecule has 1 atom stereocenters. The van der Waals surface area contributed by atoms with Crippen LogP contribution < -0.4 is 5.32 Å². The Hall–Kier alpha value is -0.420. The van der Waals surface area contributed by atoms with E-state index in [9.17, 15) is 8.78 Å². The summed E-state index contributed by atoms with van der Waals surface area (Å²) in [6.45, 7) is 2.16. The van der Waals surface area contributed by atoms with Crippen molar-refractivity contribution in [2.75, 3.05) is 32.9 Å². The summed E-state index contributed by atoms with van der Waals surface area (Å²) in [4.78, 5) is 1.89. The molecule has 6 heteroatoms. The normalized spacial score (nSPS) is 18.9. The van der Waals surface area contributed by atoms with E-state index >= 15 is 0 Å². The summed E-state index contributed by atoms with van der Waals surface area (Å²) in [5.74, 6) is -0.620. The fraction of sp³-hybridized carbons (Fsp3) is 0.500. The lowest BCUT2D eigenvalue weighted by molar-refractivity contribution is 0.144. The molecule has 0 bridgehead atoms. The number of hydrogen-bond acceptors (Lipinski definition) is 2. The number of nitrogens with zero attached hydrogens (tertiary/aromatic N) is 1. The molecule has 1 aromatic carbocycles. The second kappa shape index (κ2) is 6.15. The van der Waals surface area contributed by atoms with Gasteiger partial charge in [-0.3, -0.25) is 4.90 Å². The Morgan fingerprint density at radius 2 is 1.83 bits per heavy atom. The van der Waals surface area contributed by atoms with Gasteiger partial charge in [0.05, 0.1) is 11.1 Å². The summed E-state index contributed by atoms with van der Waals surface area (Å²) in [5, 5.41) is 3.36. The fourth-order valence-corrected chi connectivity index (χ4v) is 2.64. The maximum Gasteiger partial charge on any atom is 0.148 e. The van der Waals surface area contributed by atoms with Crippen molar-refractivity contribution >= 4 is 23.2 Å². The largest absolute Gasteiger partial charge is 0.314 e. The van der Waals surface area contributed by atoms with Crippen LogP contribution in [0.1, 0.15) is 11.6 Å². The zero-order chi connectivity index (χ0) is 13.1. The molecule has 0 amide bonds. The molecule has 0 aliphatic carbocycles. The van der Waals surface area contributed by atoms with E-state index in [0.717, 1.165) is 13.1 Å². The molecule has 2 rings (SSSR count). The topological polar surface area (TPSA) is 15.3 Å². The molecule has 0 unspecified atom stereocenters. The minimum Gasteiger partial charge on any atom is -0.314 e. The Kier molecular flexibility index (Phi) is 4.78. The van der Waals surface area contributed by atoms with Crippen molar-refractivity contribution < 1.29 is 8.78 Å². The molecule has 0 aromatic heterocycles. The van der Waals surface area contributed by atoms with Crippen molar-refractivity contribution in [1.82, 2.24) is 10.2 Å². The van der Waals surface area contributed by atoms with Gasteiger partial charge in [0.15, 0.2) is 0 Å². The number of piperazine rings is 1. The third-order valence-electron chi connectivity index (χ3n) is 3.15.